The van der Waals surface area contributed by atoms with Gasteiger partial charge in [-0.1, -0.05) is 43.4 Å². The van der Waals surface area contributed by atoms with Crippen molar-refractivity contribution in [2.24, 2.45) is 0 Å². The third-order valence-electron chi connectivity index (χ3n) is 3.31. The molecule has 0 aromatic carbocycles. The fraction of sp³-hybridized carbons (Fsp3) is 0.389. The van der Waals surface area contributed by atoms with E-state index >= 15 is 0 Å². The van der Waals surface area contributed by atoms with Crippen LogP contribution in [0.2, 0.25) is 0 Å². The Morgan fingerprint density at radius 2 is 1.89 bits per heavy atom. The first-order valence-electron chi connectivity index (χ1n) is 6.95. The van der Waals surface area contributed by atoms with Gasteiger partial charge in [-0.3, -0.25) is 4.98 Å². The van der Waals surface area contributed by atoms with Crippen molar-refractivity contribution < 1.29 is 0 Å². The van der Waals surface area contributed by atoms with Crippen molar-refractivity contribution in [2.45, 2.75) is 47.0 Å². The summed E-state index contributed by atoms with van der Waals surface area (Å²) in [5.74, 6) is 0.440. The first kappa shape index (κ1) is 15.4. The highest BCUT2D eigenvalue weighted by atomic mass is 14.7. The predicted octanol–water partition coefficient (Wildman–Crippen LogP) is 5.19. The SMILES string of the molecule is C/C=C\C=C/CC=CC(C)c1cc(C)nc(C)c1C. The van der Waals surface area contributed by atoms with E-state index in [0.29, 0.717) is 5.92 Å². The summed E-state index contributed by atoms with van der Waals surface area (Å²) >= 11 is 0. The van der Waals surface area contributed by atoms with Crippen LogP contribution in [0, 0.1) is 20.8 Å². The van der Waals surface area contributed by atoms with E-state index in [9.17, 15) is 0 Å². The topological polar surface area (TPSA) is 12.9 Å². The third-order valence-corrected chi connectivity index (χ3v) is 3.31. The van der Waals surface area contributed by atoms with Crippen LogP contribution in [0.15, 0.2) is 42.5 Å². The van der Waals surface area contributed by atoms with Crippen molar-refractivity contribution in [3.05, 3.63) is 65.0 Å². The molecule has 1 heterocycles. The van der Waals surface area contributed by atoms with Gasteiger partial charge in [-0.15, -0.1) is 0 Å². The van der Waals surface area contributed by atoms with Crippen LogP contribution in [0.25, 0.3) is 0 Å². The van der Waals surface area contributed by atoms with Crippen LogP contribution in [0.5, 0.6) is 0 Å². The highest BCUT2D eigenvalue weighted by Crippen LogP contribution is 2.23. The summed E-state index contributed by atoms with van der Waals surface area (Å²) in [7, 11) is 0. The van der Waals surface area contributed by atoms with E-state index in [0.717, 1.165) is 17.8 Å². The van der Waals surface area contributed by atoms with Crippen LogP contribution >= 0.6 is 0 Å². The van der Waals surface area contributed by atoms with E-state index in [1.165, 1.54) is 11.1 Å². The molecular formula is C18H25N. The van der Waals surface area contributed by atoms with Crippen molar-refractivity contribution >= 4 is 0 Å². The minimum atomic E-state index is 0.440. The summed E-state index contributed by atoms with van der Waals surface area (Å²) < 4.78 is 0. The zero-order chi connectivity index (χ0) is 14.3. The first-order valence-corrected chi connectivity index (χ1v) is 6.95. The zero-order valence-electron chi connectivity index (χ0n) is 12.8. The second kappa shape index (κ2) is 7.73. The Morgan fingerprint density at radius 1 is 1.16 bits per heavy atom. The normalized spacial score (nSPS) is 13.9. The average molecular weight is 255 g/mol. The molecule has 0 fully saturated rings. The minimum Gasteiger partial charge on any atom is -0.258 e. The smallest absolute Gasteiger partial charge is 0.0407 e. The molecule has 0 amide bonds. The Labute approximate surface area is 117 Å². The Hall–Kier alpha value is -1.63. The number of aryl methyl sites for hydroxylation is 2. The molecule has 0 aliphatic carbocycles. The van der Waals surface area contributed by atoms with E-state index in [1.54, 1.807) is 0 Å². The summed E-state index contributed by atoms with van der Waals surface area (Å²) in [6.07, 6.45) is 13.8. The zero-order valence-corrected chi connectivity index (χ0v) is 12.8. The van der Waals surface area contributed by atoms with Crippen molar-refractivity contribution in [1.29, 1.82) is 0 Å². The molecule has 0 spiro atoms. The Morgan fingerprint density at radius 3 is 2.58 bits per heavy atom. The summed E-state index contributed by atoms with van der Waals surface area (Å²) in [5.41, 5.74) is 4.94. The van der Waals surface area contributed by atoms with Gasteiger partial charge < -0.3 is 0 Å². The number of rotatable bonds is 5. The lowest BCUT2D eigenvalue weighted by Crippen LogP contribution is -2.00. The highest BCUT2D eigenvalue weighted by Gasteiger charge is 2.08. The van der Waals surface area contributed by atoms with Gasteiger partial charge in [-0.2, -0.15) is 0 Å². The van der Waals surface area contributed by atoms with Gasteiger partial charge in [0.25, 0.3) is 0 Å². The Kier molecular flexibility index (Phi) is 6.27. The van der Waals surface area contributed by atoms with Crippen LogP contribution in [0.4, 0.5) is 0 Å². The Bertz CT molecular complexity index is 493. The first-order chi connectivity index (χ1) is 9.06. The van der Waals surface area contributed by atoms with E-state index < -0.39 is 0 Å². The number of hydrogen-bond acceptors (Lipinski definition) is 1. The lowest BCUT2D eigenvalue weighted by molar-refractivity contribution is 0.917. The van der Waals surface area contributed by atoms with E-state index in [4.69, 9.17) is 0 Å². The van der Waals surface area contributed by atoms with E-state index in [-0.39, 0.29) is 0 Å². The molecule has 1 aromatic rings. The molecule has 0 N–H and O–H groups in total. The minimum absolute atomic E-state index is 0.440. The Balaban J connectivity index is 2.73. The van der Waals surface area contributed by atoms with Crippen molar-refractivity contribution in [3.8, 4) is 0 Å². The monoisotopic (exact) mass is 255 g/mol. The molecule has 0 aliphatic rings. The number of pyridine rings is 1. The van der Waals surface area contributed by atoms with Crippen molar-refractivity contribution in [2.75, 3.05) is 0 Å². The predicted molar refractivity (Wildman–Crippen MR) is 84.6 cm³/mol. The highest BCUT2D eigenvalue weighted by molar-refractivity contribution is 5.35. The van der Waals surface area contributed by atoms with Gasteiger partial charge in [0.2, 0.25) is 0 Å². The maximum Gasteiger partial charge on any atom is 0.0407 e. The van der Waals surface area contributed by atoms with E-state index in [1.807, 2.05) is 13.0 Å². The van der Waals surface area contributed by atoms with Gasteiger partial charge in [-0.05, 0) is 57.2 Å². The van der Waals surface area contributed by atoms with Gasteiger partial charge in [-0.25, -0.2) is 0 Å². The van der Waals surface area contributed by atoms with Crippen LogP contribution < -0.4 is 0 Å². The summed E-state index contributed by atoms with van der Waals surface area (Å²) in [6.45, 7) is 10.6. The molecule has 0 aliphatic heterocycles. The molecule has 0 saturated heterocycles. The lowest BCUT2D eigenvalue weighted by atomic mass is 9.95. The van der Waals surface area contributed by atoms with Gasteiger partial charge in [0.15, 0.2) is 0 Å². The molecule has 0 saturated carbocycles. The fourth-order valence-electron chi connectivity index (χ4n) is 2.13. The maximum absolute atomic E-state index is 4.50. The second-order valence-electron chi connectivity index (χ2n) is 4.97. The fourth-order valence-corrected chi connectivity index (χ4v) is 2.13. The molecule has 1 heteroatoms. The second-order valence-corrected chi connectivity index (χ2v) is 4.97. The molecule has 1 unspecified atom stereocenters. The summed E-state index contributed by atoms with van der Waals surface area (Å²) in [6, 6.07) is 2.20. The molecule has 0 radical (unpaired) electrons. The van der Waals surface area contributed by atoms with Crippen LogP contribution in [-0.2, 0) is 0 Å². The molecular weight excluding hydrogens is 230 g/mol. The third kappa shape index (κ3) is 4.86. The molecule has 19 heavy (non-hydrogen) atoms. The van der Waals surface area contributed by atoms with Crippen molar-refractivity contribution in [1.82, 2.24) is 4.98 Å². The quantitative estimate of drug-likeness (QED) is 0.521. The average Bonchev–Trinajstić information content (AvgIpc) is 2.37. The van der Waals surface area contributed by atoms with Crippen LogP contribution in [0.1, 0.15) is 48.7 Å². The van der Waals surface area contributed by atoms with Crippen LogP contribution in [0.3, 0.4) is 0 Å². The maximum atomic E-state index is 4.50. The molecule has 1 nitrogen and oxygen atoms in total. The van der Waals surface area contributed by atoms with Gasteiger partial charge in [0.05, 0.1) is 0 Å². The lowest BCUT2D eigenvalue weighted by Gasteiger charge is -2.13. The largest absolute Gasteiger partial charge is 0.258 e. The van der Waals surface area contributed by atoms with Crippen molar-refractivity contribution in [3.63, 3.8) is 0 Å². The van der Waals surface area contributed by atoms with Gasteiger partial charge in [0, 0.05) is 11.4 Å². The standard InChI is InChI=1S/C18H25N/c1-6-7-8-9-10-11-12-14(2)18-13-15(3)19-17(5)16(18)4/h6-9,11-14H,10H2,1-5H3/b7-6-,9-8-,12-11?. The van der Waals surface area contributed by atoms with Gasteiger partial charge >= 0.3 is 0 Å². The number of aromatic nitrogens is 1. The van der Waals surface area contributed by atoms with Crippen LogP contribution in [-0.4, -0.2) is 4.98 Å². The van der Waals surface area contributed by atoms with E-state index in [2.05, 4.69) is 69.1 Å². The summed E-state index contributed by atoms with van der Waals surface area (Å²) in [5, 5.41) is 0. The molecule has 0 bridgehead atoms. The molecule has 1 rings (SSSR count). The molecule has 1 aromatic heterocycles. The summed E-state index contributed by atoms with van der Waals surface area (Å²) in [4.78, 5) is 4.50. The number of allylic oxidation sites excluding steroid dienone is 6. The number of nitrogens with zero attached hydrogens (tertiary/aromatic N) is 1. The van der Waals surface area contributed by atoms with Gasteiger partial charge in [0.1, 0.15) is 0 Å². The molecule has 102 valence electrons. The number of hydrogen-bond donors (Lipinski definition) is 0. The molecule has 1 atom stereocenters.